The minimum atomic E-state index is 0.578. The fraction of sp³-hybridized carbons (Fsp3) is 0.750. The van der Waals surface area contributed by atoms with Crippen LogP contribution in [0.4, 0.5) is 0 Å². The number of nitrogens with zero attached hydrogens (tertiary/aromatic N) is 1. The van der Waals surface area contributed by atoms with Gasteiger partial charge in [-0.2, -0.15) is 5.10 Å². The molecule has 0 fully saturated rings. The van der Waals surface area contributed by atoms with Gasteiger partial charge >= 0.3 is 0 Å². The van der Waals surface area contributed by atoms with Gasteiger partial charge in [-0.3, -0.25) is 5.10 Å². The molecule has 0 aliphatic carbocycles. The zero-order chi connectivity index (χ0) is 11.3. The summed E-state index contributed by atoms with van der Waals surface area (Å²) in [7, 11) is 0. The molecule has 1 aromatic rings. The summed E-state index contributed by atoms with van der Waals surface area (Å²) in [5.41, 5.74) is 2.43. The highest BCUT2D eigenvalue weighted by Gasteiger charge is 2.07. The van der Waals surface area contributed by atoms with Gasteiger partial charge in [0, 0.05) is 23.8 Å². The molecular weight excluding hydrogens is 186 g/mol. The molecule has 0 saturated heterocycles. The van der Waals surface area contributed by atoms with Crippen LogP contribution in [0.5, 0.6) is 0 Å². The van der Waals surface area contributed by atoms with E-state index in [1.54, 1.807) is 0 Å². The van der Waals surface area contributed by atoms with Crippen molar-refractivity contribution in [2.24, 2.45) is 5.92 Å². The number of H-pyrrole nitrogens is 1. The Kier molecular flexibility index (Phi) is 4.82. The van der Waals surface area contributed by atoms with Crippen LogP contribution in [-0.4, -0.2) is 16.2 Å². The van der Waals surface area contributed by atoms with Crippen molar-refractivity contribution in [1.82, 2.24) is 15.5 Å². The van der Waals surface area contributed by atoms with Gasteiger partial charge in [-0.15, -0.1) is 0 Å². The summed E-state index contributed by atoms with van der Waals surface area (Å²) in [5.74, 6) is 0.804. The summed E-state index contributed by atoms with van der Waals surface area (Å²) in [5, 5.41) is 10.5. The first-order valence-corrected chi connectivity index (χ1v) is 5.85. The largest absolute Gasteiger partial charge is 0.310 e. The van der Waals surface area contributed by atoms with Crippen LogP contribution in [0.2, 0.25) is 0 Å². The summed E-state index contributed by atoms with van der Waals surface area (Å²) in [6, 6.07) is 0.578. The van der Waals surface area contributed by atoms with E-state index < -0.39 is 0 Å². The molecule has 1 aromatic heterocycles. The van der Waals surface area contributed by atoms with E-state index >= 15 is 0 Å². The van der Waals surface area contributed by atoms with Gasteiger partial charge in [0.2, 0.25) is 0 Å². The minimum absolute atomic E-state index is 0.578. The summed E-state index contributed by atoms with van der Waals surface area (Å²) in [6.07, 6.45) is 4.41. The molecule has 1 heterocycles. The number of hydrogen-bond acceptors (Lipinski definition) is 2. The van der Waals surface area contributed by atoms with Crippen molar-refractivity contribution in [3.63, 3.8) is 0 Å². The topological polar surface area (TPSA) is 40.7 Å². The highest BCUT2D eigenvalue weighted by atomic mass is 15.1. The van der Waals surface area contributed by atoms with Gasteiger partial charge < -0.3 is 5.32 Å². The molecule has 3 nitrogen and oxygen atoms in total. The van der Waals surface area contributed by atoms with Crippen LogP contribution in [0.3, 0.4) is 0 Å². The molecule has 3 heteroatoms. The van der Waals surface area contributed by atoms with Crippen LogP contribution in [0, 0.1) is 12.8 Å². The zero-order valence-corrected chi connectivity index (χ0v) is 10.3. The van der Waals surface area contributed by atoms with Gasteiger partial charge in [0.05, 0.1) is 6.20 Å². The average molecular weight is 209 g/mol. The maximum absolute atomic E-state index is 4.01. The van der Waals surface area contributed by atoms with Crippen molar-refractivity contribution in [1.29, 1.82) is 0 Å². The third-order valence-electron chi connectivity index (χ3n) is 3.03. The Morgan fingerprint density at radius 2 is 2.20 bits per heavy atom. The van der Waals surface area contributed by atoms with Crippen LogP contribution < -0.4 is 5.32 Å². The Labute approximate surface area is 92.7 Å². The van der Waals surface area contributed by atoms with E-state index in [1.807, 2.05) is 6.20 Å². The number of aromatic nitrogens is 2. The van der Waals surface area contributed by atoms with Gasteiger partial charge in [0.25, 0.3) is 0 Å². The highest BCUT2D eigenvalue weighted by molar-refractivity contribution is 5.13. The van der Waals surface area contributed by atoms with Gasteiger partial charge in [-0.1, -0.05) is 20.3 Å². The van der Waals surface area contributed by atoms with Gasteiger partial charge in [0.1, 0.15) is 0 Å². The molecule has 0 aliphatic rings. The SMILES string of the molecule is CCC(C)CC(C)NCc1cn[nH]c1C. The Hall–Kier alpha value is -0.830. The van der Waals surface area contributed by atoms with E-state index in [1.165, 1.54) is 24.1 Å². The molecule has 0 amide bonds. The highest BCUT2D eigenvalue weighted by Crippen LogP contribution is 2.10. The number of hydrogen-bond donors (Lipinski definition) is 2. The van der Waals surface area contributed by atoms with Crippen LogP contribution in [0.15, 0.2) is 6.20 Å². The first-order chi connectivity index (χ1) is 7.13. The first kappa shape index (κ1) is 12.2. The molecular formula is C12H23N3. The van der Waals surface area contributed by atoms with E-state index in [4.69, 9.17) is 0 Å². The molecule has 0 radical (unpaired) electrons. The van der Waals surface area contributed by atoms with E-state index in [0.717, 1.165) is 12.5 Å². The lowest BCUT2D eigenvalue weighted by molar-refractivity contribution is 0.412. The molecule has 15 heavy (non-hydrogen) atoms. The third-order valence-corrected chi connectivity index (χ3v) is 3.03. The van der Waals surface area contributed by atoms with Crippen LogP contribution in [0.1, 0.15) is 44.9 Å². The lowest BCUT2D eigenvalue weighted by atomic mass is 10.0. The molecule has 1 rings (SSSR count). The van der Waals surface area contributed by atoms with Gasteiger partial charge in [-0.25, -0.2) is 0 Å². The molecule has 0 saturated carbocycles. The Morgan fingerprint density at radius 1 is 1.47 bits per heavy atom. The zero-order valence-electron chi connectivity index (χ0n) is 10.3. The minimum Gasteiger partial charge on any atom is -0.310 e. The van der Waals surface area contributed by atoms with Crippen molar-refractivity contribution in [3.05, 3.63) is 17.5 Å². The standard InChI is InChI=1S/C12H23N3/c1-5-9(2)6-10(3)13-7-12-8-14-15-11(12)4/h8-10,13H,5-7H2,1-4H3,(H,14,15). The van der Waals surface area contributed by atoms with Crippen molar-refractivity contribution in [2.75, 3.05) is 0 Å². The fourth-order valence-corrected chi connectivity index (χ4v) is 1.69. The Balaban J connectivity index is 2.28. The number of aromatic amines is 1. The quantitative estimate of drug-likeness (QED) is 0.756. The predicted molar refractivity (Wildman–Crippen MR) is 63.7 cm³/mol. The lowest BCUT2D eigenvalue weighted by Gasteiger charge is -2.17. The predicted octanol–water partition coefficient (Wildman–Crippen LogP) is 2.63. The second-order valence-electron chi connectivity index (χ2n) is 4.55. The average Bonchev–Trinajstić information content (AvgIpc) is 2.61. The van der Waals surface area contributed by atoms with Crippen molar-refractivity contribution in [2.45, 2.75) is 53.1 Å². The second kappa shape index (κ2) is 5.91. The lowest BCUT2D eigenvalue weighted by Crippen LogP contribution is -2.27. The van der Waals surface area contributed by atoms with Crippen LogP contribution in [0.25, 0.3) is 0 Å². The van der Waals surface area contributed by atoms with Crippen molar-refractivity contribution in [3.8, 4) is 0 Å². The monoisotopic (exact) mass is 209 g/mol. The number of aryl methyl sites for hydroxylation is 1. The van der Waals surface area contributed by atoms with Crippen molar-refractivity contribution < 1.29 is 0 Å². The van der Waals surface area contributed by atoms with Gasteiger partial charge in [0.15, 0.2) is 0 Å². The Morgan fingerprint density at radius 3 is 2.73 bits per heavy atom. The summed E-state index contributed by atoms with van der Waals surface area (Å²) in [4.78, 5) is 0. The smallest absolute Gasteiger partial charge is 0.0535 e. The van der Waals surface area contributed by atoms with Crippen LogP contribution in [-0.2, 0) is 6.54 Å². The maximum atomic E-state index is 4.01. The molecule has 0 bridgehead atoms. The summed E-state index contributed by atoms with van der Waals surface area (Å²) in [6.45, 7) is 9.78. The van der Waals surface area contributed by atoms with E-state index in [2.05, 4.69) is 43.2 Å². The molecule has 0 spiro atoms. The summed E-state index contributed by atoms with van der Waals surface area (Å²) >= 11 is 0. The van der Waals surface area contributed by atoms with Crippen LogP contribution >= 0.6 is 0 Å². The van der Waals surface area contributed by atoms with Crippen molar-refractivity contribution >= 4 is 0 Å². The Bertz CT molecular complexity index is 280. The number of nitrogens with one attached hydrogen (secondary N) is 2. The first-order valence-electron chi connectivity index (χ1n) is 5.85. The second-order valence-corrected chi connectivity index (χ2v) is 4.55. The summed E-state index contributed by atoms with van der Waals surface area (Å²) < 4.78 is 0. The fourth-order valence-electron chi connectivity index (χ4n) is 1.69. The van der Waals surface area contributed by atoms with E-state index in [-0.39, 0.29) is 0 Å². The molecule has 0 aromatic carbocycles. The molecule has 2 N–H and O–H groups in total. The van der Waals surface area contributed by atoms with E-state index in [0.29, 0.717) is 6.04 Å². The molecule has 86 valence electrons. The maximum Gasteiger partial charge on any atom is 0.0535 e. The molecule has 0 aliphatic heterocycles. The van der Waals surface area contributed by atoms with Gasteiger partial charge in [-0.05, 0) is 26.2 Å². The normalized spacial score (nSPS) is 15.2. The third kappa shape index (κ3) is 4.04. The molecule has 2 unspecified atom stereocenters. The van der Waals surface area contributed by atoms with E-state index in [9.17, 15) is 0 Å². The number of rotatable bonds is 6. The molecule has 2 atom stereocenters.